The third-order valence-corrected chi connectivity index (χ3v) is 7.37. The number of nitrogens with one attached hydrogen (secondary N) is 1. The number of aryl methyl sites for hydroxylation is 1. The Morgan fingerprint density at radius 2 is 2.06 bits per heavy atom. The third kappa shape index (κ3) is 4.68. The average Bonchev–Trinajstić information content (AvgIpc) is 3.15. The van der Waals surface area contributed by atoms with E-state index in [1.165, 1.54) is 11.1 Å². The highest BCUT2D eigenvalue weighted by Gasteiger charge is 2.27. The Hall–Kier alpha value is -2.34. The van der Waals surface area contributed by atoms with Gasteiger partial charge >= 0.3 is 0 Å². The van der Waals surface area contributed by atoms with E-state index in [-0.39, 0.29) is 11.9 Å². The van der Waals surface area contributed by atoms with Crippen LogP contribution in [-0.2, 0) is 11.3 Å². The maximum atomic E-state index is 12.8. The van der Waals surface area contributed by atoms with Gasteiger partial charge in [0.15, 0.2) is 0 Å². The largest absolute Gasteiger partial charge is 0.337 e. The van der Waals surface area contributed by atoms with E-state index >= 15 is 0 Å². The van der Waals surface area contributed by atoms with Gasteiger partial charge in [-0.15, -0.1) is 0 Å². The minimum absolute atomic E-state index is 0.0120. The maximum absolute atomic E-state index is 12.8. The Morgan fingerprint density at radius 3 is 2.79 bits per heavy atom. The number of fused-ring (bicyclic) bond motifs is 1. The summed E-state index contributed by atoms with van der Waals surface area (Å²) in [6, 6.07) is 12.0. The maximum Gasteiger partial charge on any atom is 0.239 e. The van der Waals surface area contributed by atoms with Crippen molar-refractivity contribution in [3.8, 4) is 0 Å². The Balaban J connectivity index is 1.37. The van der Waals surface area contributed by atoms with Crippen molar-refractivity contribution < 1.29 is 4.79 Å². The fourth-order valence-electron chi connectivity index (χ4n) is 4.88. The molecule has 1 amide bonds. The van der Waals surface area contributed by atoms with Gasteiger partial charge in [0.25, 0.3) is 0 Å². The molecule has 2 aliphatic heterocycles. The first-order valence-electron chi connectivity index (χ1n) is 11.6. The molecular formula is C26H28Cl2N4O. The number of nitrogens with zero attached hydrogens (tertiary/aromatic N) is 3. The van der Waals surface area contributed by atoms with E-state index in [0.717, 1.165) is 61.2 Å². The molecule has 172 valence electrons. The Morgan fingerprint density at radius 1 is 1.18 bits per heavy atom. The van der Waals surface area contributed by atoms with Gasteiger partial charge in [-0.25, -0.2) is 4.98 Å². The molecular weight excluding hydrogens is 455 g/mol. The quantitative estimate of drug-likeness (QED) is 0.537. The summed E-state index contributed by atoms with van der Waals surface area (Å²) in [5.41, 5.74) is 5.54. The molecule has 1 aromatic heterocycles. The highest BCUT2D eigenvalue weighted by Crippen LogP contribution is 2.29. The van der Waals surface area contributed by atoms with Gasteiger partial charge in [-0.05, 0) is 73.7 Å². The van der Waals surface area contributed by atoms with Crippen molar-refractivity contribution >= 4 is 45.7 Å². The highest BCUT2D eigenvalue weighted by molar-refractivity contribution is 6.35. The summed E-state index contributed by atoms with van der Waals surface area (Å²) in [7, 11) is 0. The predicted octanol–water partition coefficient (Wildman–Crippen LogP) is 5.46. The number of aromatic nitrogens is 2. The molecule has 5 nitrogen and oxygen atoms in total. The number of halogens is 2. The van der Waals surface area contributed by atoms with Gasteiger partial charge in [0.2, 0.25) is 5.91 Å². The van der Waals surface area contributed by atoms with Crippen LogP contribution in [0.3, 0.4) is 0 Å². The fourth-order valence-corrected chi connectivity index (χ4v) is 5.35. The van der Waals surface area contributed by atoms with Crippen LogP contribution < -0.4 is 5.32 Å². The summed E-state index contributed by atoms with van der Waals surface area (Å²) < 4.78 is 2.20. The molecule has 0 saturated carbocycles. The summed E-state index contributed by atoms with van der Waals surface area (Å²) in [6.45, 7) is 5.03. The molecule has 0 bridgehead atoms. The molecule has 0 radical (unpaired) electrons. The number of rotatable bonds is 4. The van der Waals surface area contributed by atoms with E-state index in [0.29, 0.717) is 23.1 Å². The van der Waals surface area contributed by atoms with Crippen molar-refractivity contribution in [3.63, 3.8) is 0 Å². The third-order valence-electron chi connectivity index (χ3n) is 6.78. The standard InChI is InChI=1S/C26H28Cl2N4O/c1-17-30-23-8-6-19(14-25(23)32(17)16-20-5-7-21(27)15-22(20)28)18-9-12-31(13-10-18)26(33)24-4-2-3-11-29-24/h5-9,14-15,24,29H,2-4,10-13,16H2,1H3. The zero-order valence-corrected chi connectivity index (χ0v) is 20.3. The summed E-state index contributed by atoms with van der Waals surface area (Å²) in [5.74, 6) is 1.19. The fraction of sp³-hybridized carbons (Fsp3) is 0.385. The SMILES string of the molecule is Cc1nc2ccc(C3=CCN(C(=O)C4CCCCN4)CC3)cc2n1Cc1ccc(Cl)cc1Cl. The molecule has 1 fully saturated rings. The van der Waals surface area contributed by atoms with Crippen molar-refractivity contribution in [1.29, 1.82) is 0 Å². The van der Waals surface area contributed by atoms with Gasteiger partial charge in [-0.1, -0.05) is 47.8 Å². The number of hydrogen-bond donors (Lipinski definition) is 1. The van der Waals surface area contributed by atoms with Crippen molar-refractivity contribution in [2.75, 3.05) is 19.6 Å². The van der Waals surface area contributed by atoms with Gasteiger partial charge < -0.3 is 14.8 Å². The van der Waals surface area contributed by atoms with Gasteiger partial charge in [0.1, 0.15) is 5.82 Å². The number of amides is 1. The van der Waals surface area contributed by atoms with E-state index in [4.69, 9.17) is 28.2 Å². The lowest BCUT2D eigenvalue weighted by Crippen LogP contribution is -2.49. The first-order valence-corrected chi connectivity index (χ1v) is 12.4. The molecule has 5 rings (SSSR count). The predicted molar refractivity (Wildman–Crippen MR) is 135 cm³/mol. The molecule has 3 heterocycles. The van der Waals surface area contributed by atoms with E-state index in [1.54, 1.807) is 6.07 Å². The molecule has 0 aliphatic carbocycles. The second-order valence-corrected chi connectivity index (χ2v) is 9.79. The van der Waals surface area contributed by atoms with Crippen molar-refractivity contribution in [2.45, 2.75) is 45.2 Å². The first kappa shape index (κ1) is 22.5. The van der Waals surface area contributed by atoms with Gasteiger partial charge in [-0.3, -0.25) is 4.79 Å². The monoisotopic (exact) mass is 482 g/mol. The normalized spacial score (nSPS) is 19.1. The lowest BCUT2D eigenvalue weighted by molar-refractivity contribution is -0.133. The van der Waals surface area contributed by atoms with Crippen molar-refractivity contribution in [2.24, 2.45) is 0 Å². The Kier molecular flexibility index (Phi) is 6.46. The van der Waals surface area contributed by atoms with Crippen LogP contribution in [-0.4, -0.2) is 46.0 Å². The lowest BCUT2D eigenvalue weighted by atomic mass is 9.97. The molecule has 1 atom stereocenters. The number of carbonyl (C=O) groups excluding carboxylic acids is 1. The van der Waals surface area contributed by atoms with E-state index in [9.17, 15) is 4.79 Å². The van der Waals surface area contributed by atoms with Crippen LogP contribution in [0.25, 0.3) is 16.6 Å². The van der Waals surface area contributed by atoms with Crippen LogP contribution >= 0.6 is 23.2 Å². The average molecular weight is 483 g/mol. The number of imidazole rings is 1. The second-order valence-electron chi connectivity index (χ2n) is 8.95. The van der Waals surface area contributed by atoms with Crippen LogP contribution in [0.2, 0.25) is 10.0 Å². The molecule has 2 aromatic carbocycles. The Bertz CT molecular complexity index is 1230. The van der Waals surface area contributed by atoms with Gasteiger partial charge in [-0.2, -0.15) is 0 Å². The summed E-state index contributed by atoms with van der Waals surface area (Å²) in [4.78, 5) is 19.6. The number of carbonyl (C=O) groups is 1. The van der Waals surface area contributed by atoms with Crippen LogP contribution in [0.5, 0.6) is 0 Å². The van der Waals surface area contributed by atoms with Crippen molar-refractivity contribution in [1.82, 2.24) is 19.8 Å². The van der Waals surface area contributed by atoms with Gasteiger partial charge in [0.05, 0.1) is 23.6 Å². The molecule has 1 N–H and O–H groups in total. The van der Waals surface area contributed by atoms with Crippen molar-refractivity contribution in [3.05, 3.63) is 69.5 Å². The zero-order chi connectivity index (χ0) is 22.9. The van der Waals surface area contributed by atoms with E-state index in [2.05, 4.69) is 34.2 Å². The molecule has 33 heavy (non-hydrogen) atoms. The minimum atomic E-state index is -0.0120. The molecule has 3 aromatic rings. The number of piperidine rings is 1. The lowest BCUT2D eigenvalue weighted by Gasteiger charge is -2.32. The highest BCUT2D eigenvalue weighted by atomic mass is 35.5. The van der Waals surface area contributed by atoms with Crippen LogP contribution in [0.1, 0.15) is 42.6 Å². The number of benzene rings is 2. The molecule has 0 spiro atoms. The Labute approximate surface area is 204 Å². The molecule has 7 heteroatoms. The molecule has 2 aliphatic rings. The first-order chi connectivity index (χ1) is 16.0. The zero-order valence-electron chi connectivity index (χ0n) is 18.8. The summed E-state index contributed by atoms with van der Waals surface area (Å²) >= 11 is 12.5. The number of hydrogen-bond acceptors (Lipinski definition) is 3. The minimum Gasteiger partial charge on any atom is -0.337 e. The van der Waals surface area contributed by atoms with Gasteiger partial charge in [0, 0.05) is 23.1 Å². The van der Waals surface area contributed by atoms with Crippen LogP contribution in [0.15, 0.2) is 42.5 Å². The molecule has 1 unspecified atom stereocenters. The second kappa shape index (κ2) is 9.49. The smallest absolute Gasteiger partial charge is 0.239 e. The summed E-state index contributed by atoms with van der Waals surface area (Å²) in [5, 5.41) is 4.67. The van der Waals surface area contributed by atoms with Crippen LogP contribution in [0.4, 0.5) is 0 Å². The van der Waals surface area contributed by atoms with E-state index < -0.39 is 0 Å². The van der Waals surface area contributed by atoms with Crippen LogP contribution in [0, 0.1) is 6.92 Å². The molecule has 1 saturated heterocycles. The van der Waals surface area contributed by atoms with E-state index in [1.807, 2.05) is 24.0 Å². The summed E-state index contributed by atoms with van der Waals surface area (Å²) in [6.07, 6.45) is 6.31. The topological polar surface area (TPSA) is 50.2 Å².